The second-order valence-corrected chi connectivity index (χ2v) is 7.95. The number of nitrogens with zero attached hydrogens (tertiary/aromatic N) is 1. The molecule has 0 bridgehead atoms. The van der Waals surface area contributed by atoms with Crippen LogP contribution in [0.4, 0.5) is 5.69 Å². The molecule has 2 aromatic carbocycles. The summed E-state index contributed by atoms with van der Waals surface area (Å²) in [7, 11) is -3.62. The van der Waals surface area contributed by atoms with Gasteiger partial charge in [-0.1, -0.05) is 24.3 Å². The Balaban J connectivity index is 1.53. The van der Waals surface area contributed by atoms with Crippen LogP contribution in [0.25, 0.3) is 22.2 Å². The molecule has 6 nitrogen and oxygen atoms in total. The summed E-state index contributed by atoms with van der Waals surface area (Å²) in [6.45, 7) is 0.186. The van der Waals surface area contributed by atoms with Crippen LogP contribution in [0.2, 0.25) is 0 Å². The highest BCUT2D eigenvalue weighted by molar-refractivity contribution is 7.89. The molecule has 0 unspecified atom stereocenters. The highest BCUT2D eigenvalue weighted by Gasteiger charge is 2.15. The molecule has 0 saturated carbocycles. The first kappa shape index (κ1) is 17.3. The summed E-state index contributed by atoms with van der Waals surface area (Å²) in [5.41, 5.74) is 9.90. The zero-order chi connectivity index (χ0) is 18.9. The van der Waals surface area contributed by atoms with E-state index in [0.29, 0.717) is 5.69 Å². The number of aromatic nitrogens is 2. The number of hydrogen-bond acceptors (Lipinski definition) is 4. The van der Waals surface area contributed by atoms with E-state index in [-0.39, 0.29) is 11.4 Å². The van der Waals surface area contributed by atoms with E-state index < -0.39 is 10.0 Å². The minimum Gasteiger partial charge on any atom is -0.399 e. The number of nitrogens with one attached hydrogen (secondary N) is 2. The Morgan fingerprint density at radius 1 is 1.00 bits per heavy atom. The third-order valence-electron chi connectivity index (χ3n) is 4.37. The number of nitrogen functional groups attached to an aromatic ring is 1. The van der Waals surface area contributed by atoms with E-state index in [1.165, 1.54) is 0 Å². The van der Waals surface area contributed by atoms with Crippen LogP contribution in [0, 0.1) is 0 Å². The van der Waals surface area contributed by atoms with Crippen molar-refractivity contribution in [3.63, 3.8) is 0 Å². The van der Waals surface area contributed by atoms with Gasteiger partial charge in [0.25, 0.3) is 0 Å². The van der Waals surface area contributed by atoms with Gasteiger partial charge in [0, 0.05) is 30.0 Å². The summed E-state index contributed by atoms with van der Waals surface area (Å²) in [5.74, 6) is 0. The number of rotatable bonds is 5. The first-order valence-corrected chi connectivity index (χ1v) is 9.88. The van der Waals surface area contributed by atoms with Crippen molar-refractivity contribution >= 4 is 26.7 Å². The summed E-state index contributed by atoms with van der Waals surface area (Å²) in [6, 6.07) is 17.9. The molecule has 4 rings (SSSR count). The molecular weight excluding hydrogens is 360 g/mol. The van der Waals surface area contributed by atoms with Crippen LogP contribution in [0.1, 0.15) is 5.56 Å². The Kier molecular flexibility index (Phi) is 4.39. The molecule has 27 heavy (non-hydrogen) atoms. The number of pyridine rings is 1. The number of sulfonamides is 1. The molecule has 7 heteroatoms. The van der Waals surface area contributed by atoms with Crippen molar-refractivity contribution in [2.24, 2.45) is 0 Å². The van der Waals surface area contributed by atoms with E-state index in [1.54, 1.807) is 36.7 Å². The average Bonchev–Trinajstić information content (AvgIpc) is 3.10. The summed E-state index contributed by atoms with van der Waals surface area (Å²) in [4.78, 5) is 7.46. The number of hydrogen-bond donors (Lipinski definition) is 3. The minimum atomic E-state index is -3.62. The van der Waals surface area contributed by atoms with Crippen LogP contribution < -0.4 is 10.5 Å². The Hall–Kier alpha value is -3.16. The van der Waals surface area contributed by atoms with Crippen molar-refractivity contribution in [3.8, 4) is 11.1 Å². The first-order chi connectivity index (χ1) is 13.0. The first-order valence-electron chi connectivity index (χ1n) is 8.39. The quantitative estimate of drug-likeness (QED) is 0.464. The second-order valence-electron chi connectivity index (χ2n) is 6.19. The van der Waals surface area contributed by atoms with E-state index in [4.69, 9.17) is 5.73 Å². The number of nitrogens with two attached hydrogens (primary N) is 1. The maximum atomic E-state index is 12.6. The SMILES string of the molecule is Nc1cccc(-c2ccc(S(=O)(=O)NCc3c[nH]c4ncccc34)cc2)c1. The highest BCUT2D eigenvalue weighted by atomic mass is 32.2. The molecule has 0 saturated heterocycles. The van der Waals surface area contributed by atoms with Crippen molar-refractivity contribution < 1.29 is 8.42 Å². The van der Waals surface area contributed by atoms with Crippen LogP contribution in [-0.2, 0) is 16.6 Å². The Morgan fingerprint density at radius 3 is 2.59 bits per heavy atom. The van der Waals surface area contributed by atoms with Crippen LogP contribution in [-0.4, -0.2) is 18.4 Å². The molecule has 0 fully saturated rings. The summed E-state index contributed by atoms with van der Waals surface area (Å²) >= 11 is 0. The van der Waals surface area contributed by atoms with Crippen LogP contribution >= 0.6 is 0 Å². The number of aromatic amines is 1. The summed E-state index contributed by atoms with van der Waals surface area (Å²) in [6.07, 6.45) is 3.46. The molecule has 4 aromatic rings. The molecule has 2 aromatic heterocycles. The van der Waals surface area contributed by atoms with Gasteiger partial charge in [0.15, 0.2) is 0 Å². The molecule has 0 aliphatic carbocycles. The van der Waals surface area contributed by atoms with Crippen LogP contribution in [0.15, 0.2) is 78.0 Å². The third kappa shape index (κ3) is 3.55. The van der Waals surface area contributed by atoms with Gasteiger partial charge < -0.3 is 10.7 Å². The normalized spacial score (nSPS) is 11.7. The van der Waals surface area contributed by atoms with Gasteiger partial charge in [0.1, 0.15) is 5.65 Å². The summed E-state index contributed by atoms with van der Waals surface area (Å²) in [5, 5.41) is 0.900. The number of anilines is 1. The molecule has 4 N–H and O–H groups in total. The van der Waals surface area contributed by atoms with E-state index in [0.717, 1.165) is 27.7 Å². The van der Waals surface area contributed by atoms with Crippen molar-refractivity contribution in [2.75, 3.05) is 5.73 Å². The van der Waals surface area contributed by atoms with Crippen molar-refractivity contribution in [2.45, 2.75) is 11.4 Å². The molecule has 0 spiro atoms. The molecule has 0 aliphatic heterocycles. The fourth-order valence-electron chi connectivity index (χ4n) is 2.96. The smallest absolute Gasteiger partial charge is 0.240 e. The molecule has 0 aliphatic rings. The van der Waals surface area contributed by atoms with Gasteiger partial charge in [-0.25, -0.2) is 18.1 Å². The average molecular weight is 378 g/mol. The van der Waals surface area contributed by atoms with Gasteiger partial charge in [-0.2, -0.15) is 0 Å². The lowest BCUT2D eigenvalue weighted by Gasteiger charge is -2.08. The van der Waals surface area contributed by atoms with Gasteiger partial charge in [-0.15, -0.1) is 0 Å². The lowest BCUT2D eigenvalue weighted by atomic mass is 10.1. The Bertz CT molecular complexity index is 1200. The monoisotopic (exact) mass is 378 g/mol. The van der Waals surface area contributed by atoms with E-state index in [1.807, 2.05) is 36.4 Å². The van der Waals surface area contributed by atoms with Gasteiger partial charge in [-0.3, -0.25) is 0 Å². The van der Waals surface area contributed by atoms with E-state index in [2.05, 4.69) is 14.7 Å². The fourth-order valence-corrected chi connectivity index (χ4v) is 3.97. The van der Waals surface area contributed by atoms with Gasteiger partial charge in [0.05, 0.1) is 4.90 Å². The Labute approximate surface area is 157 Å². The number of fused-ring (bicyclic) bond motifs is 1. The molecule has 0 amide bonds. The number of benzene rings is 2. The number of H-pyrrole nitrogens is 1. The standard InChI is InChI=1S/C20H18N4O2S/c21-17-4-1-3-15(11-17)14-6-8-18(9-7-14)27(25,26)24-13-16-12-23-20-19(16)5-2-10-22-20/h1-12,24H,13,21H2,(H,22,23). The maximum absolute atomic E-state index is 12.6. The fraction of sp³-hybridized carbons (Fsp3) is 0.0500. The van der Waals surface area contributed by atoms with Gasteiger partial charge >= 0.3 is 0 Å². The third-order valence-corrected chi connectivity index (χ3v) is 5.79. The second kappa shape index (κ2) is 6.86. The predicted molar refractivity (Wildman–Crippen MR) is 106 cm³/mol. The van der Waals surface area contributed by atoms with Crippen molar-refractivity contribution in [3.05, 3.63) is 78.6 Å². The largest absolute Gasteiger partial charge is 0.399 e. The van der Waals surface area contributed by atoms with E-state index in [9.17, 15) is 8.42 Å². The molecule has 2 heterocycles. The van der Waals surface area contributed by atoms with Crippen molar-refractivity contribution in [1.29, 1.82) is 0 Å². The molecule has 136 valence electrons. The van der Waals surface area contributed by atoms with E-state index >= 15 is 0 Å². The highest BCUT2D eigenvalue weighted by Crippen LogP contribution is 2.23. The topological polar surface area (TPSA) is 101 Å². The van der Waals surface area contributed by atoms with Gasteiger partial charge in [0.2, 0.25) is 10.0 Å². The zero-order valence-electron chi connectivity index (χ0n) is 14.4. The molecule has 0 atom stereocenters. The molecule has 0 radical (unpaired) electrons. The maximum Gasteiger partial charge on any atom is 0.240 e. The van der Waals surface area contributed by atoms with Crippen LogP contribution in [0.3, 0.4) is 0 Å². The Morgan fingerprint density at radius 2 is 1.81 bits per heavy atom. The molecular formula is C20H18N4O2S. The lowest BCUT2D eigenvalue weighted by molar-refractivity contribution is 0.581. The van der Waals surface area contributed by atoms with Gasteiger partial charge in [-0.05, 0) is 53.1 Å². The zero-order valence-corrected chi connectivity index (χ0v) is 15.2. The predicted octanol–water partition coefficient (Wildman–Crippen LogP) is 3.29. The minimum absolute atomic E-state index is 0.186. The van der Waals surface area contributed by atoms with Crippen LogP contribution in [0.5, 0.6) is 0 Å². The lowest BCUT2D eigenvalue weighted by Crippen LogP contribution is -2.23. The summed E-state index contributed by atoms with van der Waals surface area (Å²) < 4.78 is 27.9. The van der Waals surface area contributed by atoms with Crippen molar-refractivity contribution in [1.82, 2.24) is 14.7 Å².